The zero-order valence-corrected chi connectivity index (χ0v) is 19.9. The van der Waals surface area contributed by atoms with Crippen LogP contribution in [0, 0.1) is 0 Å². The number of pyridine rings is 1. The number of anilines is 2. The molecule has 0 atom stereocenters. The SMILES string of the molecule is COc1cc(C(=O)c2ccc(Oc3ccc(Cl)cc3)nc2Nc2ccccc2)c(OC)cc1Cl. The van der Waals surface area contributed by atoms with Crippen LogP contribution in [0.1, 0.15) is 15.9 Å². The van der Waals surface area contributed by atoms with Crippen LogP contribution in [-0.2, 0) is 0 Å². The highest BCUT2D eigenvalue weighted by Gasteiger charge is 2.22. The van der Waals surface area contributed by atoms with Gasteiger partial charge in [0.1, 0.15) is 23.1 Å². The van der Waals surface area contributed by atoms with Gasteiger partial charge in [0.2, 0.25) is 11.7 Å². The molecule has 0 bridgehead atoms. The van der Waals surface area contributed by atoms with Crippen molar-refractivity contribution in [2.45, 2.75) is 0 Å². The number of hydrogen-bond donors (Lipinski definition) is 1. The van der Waals surface area contributed by atoms with Crippen LogP contribution in [0.25, 0.3) is 0 Å². The van der Waals surface area contributed by atoms with Crippen molar-refractivity contribution < 1.29 is 19.0 Å². The van der Waals surface area contributed by atoms with Crippen LogP contribution in [0.4, 0.5) is 11.5 Å². The van der Waals surface area contributed by atoms with Crippen molar-refractivity contribution in [3.63, 3.8) is 0 Å². The first kappa shape index (κ1) is 23.4. The second-order valence-electron chi connectivity index (χ2n) is 7.11. The van der Waals surface area contributed by atoms with E-state index in [2.05, 4.69) is 10.3 Å². The zero-order chi connectivity index (χ0) is 24.1. The lowest BCUT2D eigenvalue weighted by Crippen LogP contribution is -2.09. The van der Waals surface area contributed by atoms with E-state index in [0.29, 0.717) is 44.6 Å². The van der Waals surface area contributed by atoms with Gasteiger partial charge in [0, 0.05) is 22.8 Å². The predicted molar refractivity (Wildman–Crippen MR) is 133 cm³/mol. The fourth-order valence-electron chi connectivity index (χ4n) is 3.24. The van der Waals surface area contributed by atoms with Gasteiger partial charge in [-0.3, -0.25) is 4.79 Å². The summed E-state index contributed by atoms with van der Waals surface area (Å²) in [4.78, 5) is 18.2. The molecule has 0 fully saturated rings. The fraction of sp³-hybridized carbons (Fsp3) is 0.0769. The molecule has 1 N–H and O–H groups in total. The molecule has 8 heteroatoms. The summed E-state index contributed by atoms with van der Waals surface area (Å²) in [5.41, 5.74) is 1.36. The number of nitrogens with zero attached hydrogens (tertiary/aromatic N) is 1. The molecule has 0 aliphatic rings. The largest absolute Gasteiger partial charge is 0.496 e. The Hall–Kier alpha value is -3.74. The van der Waals surface area contributed by atoms with Crippen molar-refractivity contribution >= 4 is 40.5 Å². The van der Waals surface area contributed by atoms with Gasteiger partial charge in [0.25, 0.3) is 0 Å². The smallest absolute Gasteiger partial charge is 0.221 e. The summed E-state index contributed by atoms with van der Waals surface area (Å²) in [6, 6.07) is 22.7. The molecule has 172 valence electrons. The van der Waals surface area contributed by atoms with Crippen molar-refractivity contribution in [3.05, 3.63) is 100 Å². The third-order valence-electron chi connectivity index (χ3n) is 4.91. The second-order valence-corrected chi connectivity index (χ2v) is 7.95. The van der Waals surface area contributed by atoms with E-state index in [-0.39, 0.29) is 11.3 Å². The van der Waals surface area contributed by atoms with Crippen LogP contribution >= 0.6 is 23.2 Å². The van der Waals surface area contributed by atoms with Crippen LogP contribution in [0.15, 0.2) is 78.9 Å². The number of methoxy groups -OCH3 is 2. The van der Waals surface area contributed by atoms with E-state index in [9.17, 15) is 4.79 Å². The van der Waals surface area contributed by atoms with E-state index in [1.165, 1.54) is 14.2 Å². The maximum absolute atomic E-state index is 13.6. The van der Waals surface area contributed by atoms with Crippen LogP contribution in [0.5, 0.6) is 23.1 Å². The van der Waals surface area contributed by atoms with Gasteiger partial charge in [-0.15, -0.1) is 0 Å². The molecule has 0 radical (unpaired) electrons. The highest BCUT2D eigenvalue weighted by Crippen LogP contribution is 2.35. The number of rotatable bonds is 8. The number of ether oxygens (including phenoxy) is 3. The summed E-state index contributed by atoms with van der Waals surface area (Å²) in [6.45, 7) is 0. The minimum absolute atomic E-state index is 0.285. The quantitative estimate of drug-likeness (QED) is 0.261. The summed E-state index contributed by atoms with van der Waals surface area (Å²) < 4.78 is 16.6. The first-order valence-electron chi connectivity index (χ1n) is 10.2. The second kappa shape index (κ2) is 10.5. The third-order valence-corrected chi connectivity index (χ3v) is 5.45. The Balaban J connectivity index is 1.76. The maximum Gasteiger partial charge on any atom is 0.221 e. The lowest BCUT2D eigenvalue weighted by Gasteiger charge is -2.15. The number of halogens is 2. The van der Waals surface area contributed by atoms with Crippen LogP contribution in [-0.4, -0.2) is 25.0 Å². The van der Waals surface area contributed by atoms with Gasteiger partial charge < -0.3 is 19.5 Å². The summed E-state index contributed by atoms with van der Waals surface area (Å²) in [5.74, 6) is 1.54. The van der Waals surface area contributed by atoms with E-state index in [1.54, 1.807) is 48.5 Å². The average Bonchev–Trinajstić information content (AvgIpc) is 2.85. The van der Waals surface area contributed by atoms with Gasteiger partial charge in [0.15, 0.2) is 0 Å². The molecule has 0 spiro atoms. The highest BCUT2D eigenvalue weighted by molar-refractivity contribution is 6.32. The predicted octanol–water partition coefficient (Wildman–Crippen LogP) is 7.17. The van der Waals surface area contributed by atoms with E-state index < -0.39 is 0 Å². The number of nitrogens with one attached hydrogen (secondary N) is 1. The molecule has 0 saturated carbocycles. The lowest BCUT2D eigenvalue weighted by molar-refractivity contribution is 0.103. The van der Waals surface area contributed by atoms with E-state index in [1.807, 2.05) is 30.3 Å². The Morgan fingerprint density at radius 1 is 0.824 bits per heavy atom. The zero-order valence-electron chi connectivity index (χ0n) is 18.3. The monoisotopic (exact) mass is 494 g/mol. The first-order chi connectivity index (χ1) is 16.5. The first-order valence-corrected chi connectivity index (χ1v) is 11.0. The molecule has 4 rings (SSSR count). The Bertz CT molecular complexity index is 1310. The molecule has 0 saturated heterocycles. The van der Waals surface area contributed by atoms with Crippen molar-refractivity contribution in [1.82, 2.24) is 4.98 Å². The standard InChI is InChI=1S/C26H20Cl2N2O4/c1-32-22-15-21(28)23(33-2)14-20(22)25(31)19-12-13-24(34-18-10-8-16(27)9-11-18)30-26(19)29-17-6-4-3-5-7-17/h3-15H,1-2H3,(H,29,30). The molecule has 4 aromatic rings. The van der Waals surface area contributed by atoms with E-state index >= 15 is 0 Å². The molecule has 0 unspecified atom stereocenters. The molecule has 0 aliphatic heterocycles. The van der Waals surface area contributed by atoms with E-state index in [0.717, 1.165) is 5.69 Å². The minimum Gasteiger partial charge on any atom is -0.496 e. The van der Waals surface area contributed by atoms with Crippen LogP contribution < -0.4 is 19.5 Å². The van der Waals surface area contributed by atoms with Gasteiger partial charge in [-0.1, -0.05) is 41.4 Å². The molecule has 3 aromatic carbocycles. The molecule has 6 nitrogen and oxygen atoms in total. The number of hydrogen-bond acceptors (Lipinski definition) is 6. The molecule has 0 aliphatic carbocycles. The normalized spacial score (nSPS) is 10.5. The highest BCUT2D eigenvalue weighted by atomic mass is 35.5. The number of para-hydroxylation sites is 1. The van der Waals surface area contributed by atoms with Gasteiger partial charge >= 0.3 is 0 Å². The maximum atomic E-state index is 13.6. The van der Waals surface area contributed by atoms with Gasteiger partial charge in [0.05, 0.1) is 30.4 Å². The van der Waals surface area contributed by atoms with Crippen molar-refractivity contribution in [2.24, 2.45) is 0 Å². The summed E-state index contributed by atoms with van der Waals surface area (Å²) in [5, 5.41) is 4.14. The molecule has 0 amide bonds. The molecule has 1 heterocycles. The Labute approximate surface area is 207 Å². The Morgan fingerprint density at radius 2 is 1.53 bits per heavy atom. The van der Waals surface area contributed by atoms with Gasteiger partial charge in [-0.2, -0.15) is 4.98 Å². The number of ketones is 1. The third kappa shape index (κ3) is 5.25. The van der Waals surface area contributed by atoms with E-state index in [4.69, 9.17) is 37.4 Å². The molecule has 1 aromatic heterocycles. The number of aromatic nitrogens is 1. The fourth-order valence-corrected chi connectivity index (χ4v) is 3.60. The van der Waals surface area contributed by atoms with Crippen molar-refractivity contribution in [1.29, 1.82) is 0 Å². The van der Waals surface area contributed by atoms with Crippen molar-refractivity contribution in [2.75, 3.05) is 19.5 Å². The number of benzene rings is 3. The summed E-state index contributed by atoms with van der Waals surface area (Å²) in [6.07, 6.45) is 0. The average molecular weight is 495 g/mol. The van der Waals surface area contributed by atoms with Gasteiger partial charge in [-0.25, -0.2) is 0 Å². The molecular weight excluding hydrogens is 475 g/mol. The Kier molecular flexibility index (Phi) is 7.21. The summed E-state index contributed by atoms with van der Waals surface area (Å²) >= 11 is 12.2. The lowest BCUT2D eigenvalue weighted by atomic mass is 10.0. The Morgan fingerprint density at radius 3 is 2.21 bits per heavy atom. The van der Waals surface area contributed by atoms with Crippen LogP contribution in [0.3, 0.4) is 0 Å². The number of carbonyl (C=O) groups excluding carboxylic acids is 1. The molecular formula is C26H20Cl2N2O4. The van der Waals surface area contributed by atoms with Crippen molar-refractivity contribution in [3.8, 4) is 23.1 Å². The molecule has 34 heavy (non-hydrogen) atoms. The van der Waals surface area contributed by atoms with Gasteiger partial charge in [-0.05, 0) is 48.5 Å². The minimum atomic E-state index is -0.323. The van der Waals surface area contributed by atoms with Crippen LogP contribution in [0.2, 0.25) is 10.0 Å². The topological polar surface area (TPSA) is 69.7 Å². The summed E-state index contributed by atoms with van der Waals surface area (Å²) in [7, 11) is 2.95. The number of carbonyl (C=O) groups is 1.